The molecule has 0 bridgehead atoms. The van der Waals surface area contributed by atoms with Crippen molar-refractivity contribution in [2.75, 3.05) is 31.5 Å². The number of anilines is 1. The van der Waals surface area contributed by atoms with Crippen LogP contribution in [-0.2, 0) is 32.8 Å². The number of carbonyl (C=O) groups excluding carboxylic acids is 2. The van der Waals surface area contributed by atoms with E-state index in [0.717, 1.165) is 19.7 Å². The lowest BCUT2D eigenvalue weighted by Gasteiger charge is -2.35. The van der Waals surface area contributed by atoms with Crippen LogP contribution in [0.1, 0.15) is 36.1 Å². The lowest BCUT2D eigenvalue weighted by atomic mass is 10.0. The molecule has 1 atom stereocenters. The summed E-state index contributed by atoms with van der Waals surface area (Å²) in [6.45, 7) is 7.46. The Labute approximate surface area is 265 Å². The predicted molar refractivity (Wildman–Crippen MR) is 175 cm³/mol. The second-order valence-electron chi connectivity index (χ2n) is 11.2. The van der Waals surface area contributed by atoms with Crippen molar-refractivity contribution in [3.63, 3.8) is 0 Å². The molecule has 0 radical (unpaired) electrons. The van der Waals surface area contributed by atoms with Crippen molar-refractivity contribution in [2.24, 2.45) is 5.92 Å². The number of benzene rings is 3. The molecule has 0 spiro atoms. The molecule has 0 saturated carbocycles. The largest absolute Gasteiger partial charge is 0.354 e. The topological polar surface area (TPSA) is 90.0 Å². The van der Waals surface area contributed by atoms with Crippen molar-refractivity contribution in [3.8, 4) is 0 Å². The first-order valence-corrected chi connectivity index (χ1v) is 16.2. The third-order valence-electron chi connectivity index (χ3n) is 6.96. The number of halogens is 2. The normalized spacial score (nSPS) is 12.3. The van der Waals surface area contributed by atoms with Crippen LogP contribution in [0.2, 0.25) is 10.0 Å². The first kappa shape index (κ1) is 34.4. The Balaban J connectivity index is 2.15. The van der Waals surface area contributed by atoms with Gasteiger partial charge in [-0.15, -0.1) is 0 Å². The molecule has 0 aliphatic heterocycles. The lowest BCUT2D eigenvalue weighted by molar-refractivity contribution is -0.140. The summed E-state index contributed by atoms with van der Waals surface area (Å²) in [7, 11) is -1.26. The first-order chi connectivity index (χ1) is 20.2. The molecule has 0 aliphatic carbocycles. The van der Waals surface area contributed by atoms with Crippen LogP contribution in [-0.4, -0.2) is 62.7 Å². The molecule has 232 valence electrons. The fourth-order valence-corrected chi connectivity index (χ4v) is 6.08. The van der Waals surface area contributed by atoms with Gasteiger partial charge in [-0.2, -0.15) is 12.7 Å². The van der Waals surface area contributed by atoms with Gasteiger partial charge in [-0.3, -0.25) is 9.59 Å². The van der Waals surface area contributed by atoms with E-state index in [1.165, 1.54) is 19.0 Å². The molecule has 3 aromatic rings. The summed E-state index contributed by atoms with van der Waals surface area (Å²) in [6, 6.07) is 18.8. The van der Waals surface area contributed by atoms with Crippen molar-refractivity contribution in [3.05, 3.63) is 99.0 Å². The summed E-state index contributed by atoms with van der Waals surface area (Å²) in [6.07, 6.45) is 0.214. The molecule has 2 amide bonds. The molecule has 3 rings (SSSR count). The molecule has 0 heterocycles. The molecule has 1 unspecified atom stereocenters. The van der Waals surface area contributed by atoms with E-state index in [1.807, 2.05) is 63.2 Å². The highest BCUT2D eigenvalue weighted by molar-refractivity contribution is 7.90. The smallest absolute Gasteiger partial charge is 0.304 e. The second kappa shape index (κ2) is 15.1. The monoisotopic (exact) mass is 646 g/mol. The van der Waals surface area contributed by atoms with E-state index in [9.17, 15) is 18.0 Å². The van der Waals surface area contributed by atoms with Crippen molar-refractivity contribution < 1.29 is 18.0 Å². The molecule has 8 nitrogen and oxygen atoms in total. The number of nitrogens with one attached hydrogen (secondary N) is 1. The molecular formula is C32H40Cl2N4O4S. The van der Waals surface area contributed by atoms with Crippen molar-refractivity contribution in [2.45, 2.75) is 46.7 Å². The standard InChI is InChI=1S/C32H40Cl2N4O4S/c1-22(2)19-35-32(40)30(17-25-10-8-7-9-11-25)37(20-26-14-15-27(33)18-28(26)34)31(39)21-38(43(41,42)36(5)6)29-16-23(3)12-13-24(29)4/h7-16,18,22,30H,17,19-21H2,1-6H3,(H,35,40). The zero-order valence-corrected chi connectivity index (χ0v) is 27.8. The molecule has 0 aromatic heterocycles. The van der Waals surface area contributed by atoms with Crippen molar-refractivity contribution in [1.29, 1.82) is 0 Å². The molecule has 11 heteroatoms. The fourth-order valence-electron chi connectivity index (χ4n) is 4.50. The first-order valence-electron chi connectivity index (χ1n) is 14.0. The molecular weight excluding hydrogens is 607 g/mol. The van der Waals surface area contributed by atoms with E-state index < -0.39 is 28.7 Å². The quantitative estimate of drug-likeness (QED) is 0.260. The lowest BCUT2D eigenvalue weighted by Crippen LogP contribution is -2.54. The zero-order chi connectivity index (χ0) is 31.9. The molecule has 0 saturated heterocycles. The van der Waals surface area contributed by atoms with Gasteiger partial charge in [-0.05, 0) is 60.2 Å². The van der Waals surface area contributed by atoms with Gasteiger partial charge in [-0.1, -0.05) is 85.6 Å². The molecule has 1 N–H and O–H groups in total. The van der Waals surface area contributed by atoms with E-state index in [4.69, 9.17) is 23.2 Å². The summed E-state index contributed by atoms with van der Waals surface area (Å²) in [5.41, 5.74) is 3.33. The molecule has 0 aliphatic rings. The fraction of sp³-hybridized carbons (Fsp3) is 0.375. The summed E-state index contributed by atoms with van der Waals surface area (Å²) in [4.78, 5) is 29.6. The van der Waals surface area contributed by atoms with Crippen molar-refractivity contribution >= 4 is 50.9 Å². The van der Waals surface area contributed by atoms with Crippen LogP contribution >= 0.6 is 23.2 Å². The Morgan fingerprint density at radius 1 is 0.930 bits per heavy atom. The minimum Gasteiger partial charge on any atom is -0.354 e. The predicted octanol–water partition coefficient (Wildman–Crippen LogP) is 5.64. The van der Waals surface area contributed by atoms with Crippen LogP contribution in [0, 0.1) is 19.8 Å². The number of hydrogen-bond donors (Lipinski definition) is 1. The van der Waals surface area contributed by atoms with Gasteiger partial charge >= 0.3 is 10.2 Å². The number of rotatable bonds is 13. The Bertz CT molecular complexity index is 1530. The van der Waals surface area contributed by atoms with Gasteiger partial charge in [-0.25, -0.2) is 4.31 Å². The van der Waals surface area contributed by atoms with E-state index in [1.54, 1.807) is 31.2 Å². The van der Waals surface area contributed by atoms with Crippen LogP contribution in [0.3, 0.4) is 0 Å². The van der Waals surface area contributed by atoms with Crippen LogP contribution < -0.4 is 9.62 Å². The number of nitrogens with zero attached hydrogens (tertiary/aromatic N) is 3. The van der Waals surface area contributed by atoms with Crippen LogP contribution in [0.4, 0.5) is 5.69 Å². The van der Waals surface area contributed by atoms with Gasteiger partial charge in [0.15, 0.2) is 0 Å². The number of aryl methyl sites for hydroxylation is 2. The summed E-state index contributed by atoms with van der Waals surface area (Å²) in [5.74, 6) is -0.719. The highest BCUT2D eigenvalue weighted by Crippen LogP contribution is 2.28. The summed E-state index contributed by atoms with van der Waals surface area (Å²) in [5, 5.41) is 3.73. The summed E-state index contributed by atoms with van der Waals surface area (Å²) < 4.78 is 29.4. The van der Waals surface area contributed by atoms with Crippen LogP contribution in [0.5, 0.6) is 0 Å². The highest BCUT2D eigenvalue weighted by Gasteiger charge is 2.35. The highest BCUT2D eigenvalue weighted by atomic mass is 35.5. The average molecular weight is 648 g/mol. The number of hydrogen-bond acceptors (Lipinski definition) is 4. The zero-order valence-electron chi connectivity index (χ0n) is 25.5. The van der Waals surface area contributed by atoms with Gasteiger partial charge in [0.2, 0.25) is 11.8 Å². The van der Waals surface area contributed by atoms with Gasteiger partial charge in [0, 0.05) is 43.7 Å². The van der Waals surface area contributed by atoms with Gasteiger partial charge in [0.1, 0.15) is 12.6 Å². The summed E-state index contributed by atoms with van der Waals surface area (Å²) >= 11 is 12.7. The van der Waals surface area contributed by atoms with E-state index in [2.05, 4.69) is 5.32 Å². The van der Waals surface area contributed by atoms with Crippen molar-refractivity contribution in [1.82, 2.24) is 14.5 Å². The van der Waals surface area contributed by atoms with E-state index >= 15 is 0 Å². The Morgan fingerprint density at radius 2 is 1.60 bits per heavy atom. The third kappa shape index (κ3) is 9.19. The number of carbonyl (C=O) groups is 2. The SMILES string of the molecule is Cc1ccc(C)c(N(CC(=O)N(Cc2ccc(Cl)cc2Cl)C(Cc2ccccc2)C(=O)NCC(C)C)S(=O)(=O)N(C)C)c1. The number of amides is 2. The Morgan fingerprint density at radius 3 is 2.21 bits per heavy atom. The molecule has 0 fully saturated rings. The van der Waals surface area contributed by atoms with E-state index in [0.29, 0.717) is 33.4 Å². The average Bonchev–Trinajstić information content (AvgIpc) is 2.95. The molecule has 43 heavy (non-hydrogen) atoms. The van der Waals surface area contributed by atoms with Crippen LogP contribution in [0.25, 0.3) is 0 Å². The van der Waals surface area contributed by atoms with Gasteiger partial charge in [0.25, 0.3) is 0 Å². The maximum absolute atomic E-state index is 14.4. The minimum atomic E-state index is -4.10. The van der Waals surface area contributed by atoms with Crippen LogP contribution in [0.15, 0.2) is 66.7 Å². The third-order valence-corrected chi connectivity index (χ3v) is 9.36. The maximum atomic E-state index is 14.4. The Hall–Kier alpha value is -3.11. The minimum absolute atomic E-state index is 0.0376. The maximum Gasteiger partial charge on any atom is 0.304 e. The Kier molecular flexibility index (Phi) is 12.0. The van der Waals surface area contributed by atoms with Gasteiger partial charge in [0.05, 0.1) is 5.69 Å². The van der Waals surface area contributed by atoms with E-state index in [-0.39, 0.29) is 24.8 Å². The second-order valence-corrected chi connectivity index (χ2v) is 14.1. The van der Waals surface area contributed by atoms with Gasteiger partial charge < -0.3 is 10.2 Å². The molecule has 3 aromatic carbocycles.